The molecule has 0 aromatic heterocycles. The van der Waals surface area contributed by atoms with Gasteiger partial charge in [0.25, 0.3) is 5.79 Å². The van der Waals surface area contributed by atoms with Crippen LogP contribution in [0.15, 0.2) is 5.11 Å². The molecular weight excluding hydrogens is 668 g/mol. The molecule has 0 radical (unpaired) electrons. The van der Waals surface area contributed by atoms with E-state index in [4.69, 9.17) is 34.0 Å². The van der Waals surface area contributed by atoms with Gasteiger partial charge in [-0.15, -0.1) is 0 Å². The molecule has 22 heteroatoms. The molecule has 1 amide bonds. The van der Waals surface area contributed by atoms with Crippen LogP contribution in [0.2, 0.25) is 0 Å². The van der Waals surface area contributed by atoms with Gasteiger partial charge in [-0.05, 0) is 18.4 Å². The van der Waals surface area contributed by atoms with E-state index in [1.807, 2.05) is 0 Å². The Morgan fingerprint density at radius 3 is 2.27 bits per heavy atom. The highest BCUT2D eigenvalue weighted by Gasteiger charge is 2.57. The largest absolute Gasteiger partial charge is 0.477 e. The van der Waals surface area contributed by atoms with E-state index >= 15 is 0 Å². The van der Waals surface area contributed by atoms with Crippen molar-refractivity contribution in [2.75, 3.05) is 26.4 Å². The van der Waals surface area contributed by atoms with Gasteiger partial charge in [-0.25, -0.2) is 4.79 Å². The molecule has 3 saturated heterocycles. The first-order valence-corrected chi connectivity index (χ1v) is 15.6. The number of amides is 1. The van der Waals surface area contributed by atoms with E-state index in [1.54, 1.807) is 0 Å². The van der Waals surface area contributed by atoms with Crippen molar-refractivity contribution >= 4 is 11.9 Å². The van der Waals surface area contributed by atoms with Crippen molar-refractivity contribution in [1.82, 2.24) is 5.32 Å². The van der Waals surface area contributed by atoms with Crippen molar-refractivity contribution in [3.63, 3.8) is 0 Å². The second-order valence-corrected chi connectivity index (χ2v) is 11.9. The van der Waals surface area contributed by atoms with Gasteiger partial charge in [0.1, 0.15) is 61.0 Å². The van der Waals surface area contributed by atoms with Crippen molar-refractivity contribution in [2.45, 2.75) is 131 Å². The number of aliphatic hydroxyl groups is 9. The molecule has 3 aliphatic rings. The summed E-state index contributed by atoms with van der Waals surface area (Å²) >= 11 is 0. The number of carbonyl (C=O) groups excluding carboxylic acids is 1. The Morgan fingerprint density at radius 1 is 1.02 bits per heavy atom. The van der Waals surface area contributed by atoms with Crippen LogP contribution in [0.3, 0.4) is 0 Å². The minimum absolute atomic E-state index is 0.0179. The number of carbonyl (C=O) groups is 2. The van der Waals surface area contributed by atoms with Crippen molar-refractivity contribution in [3.8, 4) is 0 Å². The molecule has 3 rings (SSSR count). The van der Waals surface area contributed by atoms with E-state index in [9.17, 15) is 60.7 Å². The van der Waals surface area contributed by atoms with Crippen LogP contribution >= 0.6 is 0 Å². The van der Waals surface area contributed by atoms with Gasteiger partial charge in [-0.1, -0.05) is 12.0 Å². The van der Waals surface area contributed by atoms with Crippen molar-refractivity contribution < 1.29 is 89.1 Å². The van der Waals surface area contributed by atoms with Crippen LogP contribution < -0.4 is 5.32 Å². The summed E-state index contributed by atoms with van der Waals surface area (Å²) in [5, 5.41) is 111. The average Bonchev–Trinajstić information content (AvgIpc) is 3.07. The van der Waals surface area contributed by atoms with Crippen LogP contribution in [0.25, 0.3) is 10.4 Å². The molecule has 0 aromatic rings. The fraction of sp³-hybridized carbons (Fsp3) is 0.926. The van der Waals surface area contributed by atoms with E-state index in [0.29, 0.717) is 0 Å². The quantitative estimate of drug-likeness (QED) is 0.0308. The molecule has 0 bridgehead atoms. The number of aliphatic hydroxyl groups excluding tert-OH is 9. The molecular formula is C27H46N4O18. The Bertz CT molecular complexity index is 1130. The van der Waals surface area contributed by atoms with Gasteiger partial charge < -0.3 is 84.8 Å². The lowest BCUT2D eigenvalue weighted by atomic mass is 9.88. The van der Waals surface area contributed by atoms with Crippen LogP contribution in [-0.2, 0) is 38.0 Å². The van der Waals surface area contributed by atoms with E-state index in [-0.39, 0.29) is 26.0 Å². The van der Waals surface area contributed by atoms with E-state index in [2.05, 4.69) is 15.3 Å². The normalized spacial score (nSPS) is 40.9. The molecule has 11 N–H and O–H groups in total. The Morgan fingerprint density at radius 2 is 1.67 bits per heavy atom. The third kappa shape index (κ3) is 9.71. The summed E-state index contributed by atoms with van der Waals surface area (Å²) in [6, 6.07) is -1.38. The molecule has 0 saturated carbocycles. The van der Waals surface area contributed by atoms with Crippen molar-refractivity contribution in [1.29, 1.82) is 0 Å². The first-order chi connectivity index (χ1) is 23.1. The molecule has 3 fully saturated rings. The predicted octanol–water partition coefficient (Wildman–Crippen LogP) is -5.08. The van der Waals surface area contributed by atoms with Crippen LogP contribution in [0.1, 0.15) is 33.1 Å². The maximum absolute atomic E-state index is 12.5. The van der Waals surface area contributed by atoms with Gasteiger partial charge in [-0.2, -0.15) is 0 Å². The smallest absolute Gasteiger partial charge is 0.364 e. The monoisotopic (exact) mass is 714 g/mol. The number of carboxylic acid groups (broad SMARTS) is 1. The fourth-order valence-corrected chi connectivity index (χ4v) is 5.69. The molecule has 282 valence electrons. The summed E-state index contributed by atoms with van der Waals surface area (Å²) in [6.07, 6.45) is -24.9. The fourth-order valence-electron chi connectivity index (χ4n) is 5.69. The number of hydrogen-bond donors (Lipinski definition) is 11. The summed E-state index contributed by atoms with van der Waals surface area (Å²) in [4.78, 5) is 26.9. The summed E-state index contributed by atoms with van der Waals surface area (Å²) in [5.41, 5.74) is 8.35. The Labute approximate surface area is 279 Å². The number of rotatable bonds is 16. The van der Waals surface area contributed by atoms with Gasteiger partial charge in [0.2, 0.25) is 5.91 Å². The lowest BCUT2D eigenvalue weighted by Gasteiger charge is -2.48. The minimum atomic E-state index is -2.76. The number of aliphatic carboxylic acids is 1. The Hall–Kier alpha value is -2.35. The van der Waals surface area contributed by atoms with Gasteiger partial charge in [0, 0.05) is 31.4 Å². The number of azide groups is 1. The van der Waals surface area contributed by atoms with E-state index < -0.39 is 129 Å². The second-order valence-electron chi connectivity index (χ2n) is 11.9. The topological polar surface area (TPSA) is 353 Å². The lowest BCUT2D eigenvalue weighted by Crippen LogP contribution is -2.68. The minimum Gasteiger partial charge on any atom is -0.477 e. The van der Waals surface area contributed by atoms with E-state index in [0.717, 1.165) is 6.92 Å². The molecule has 0 spiro atoms. The number of nitrogens with zero attached hydrogens (tertiary/aromatic N) is 3. The van der Waals surface area contributed by atoms with Gasteiger partial charge in [-0.3, -0.25) is 4.79 Å². The van der Waals surface area contributed by atoms with Crippen LogP contribution in [0, 0.1) is 0 Å². The first kappa shape index (κ1) is 41.1. The van der Waals surface area contributed by atoms with Gasteiger partial charge in [0.15, 0.2) is 12.6 Å². The first-order valence-electron chi connectivity index (χ1n) is 15.6. The molecule has 22 nitrogen and oxygen atoms in total. The standard InChI is InChI=1S/C27H46N4O18/c1-3-11(34)16(36)23-15(30-10(2)33)12(35)7-27(49-23,26(42)43)45-9-14-17(37)18(38)20(40)25(47-14)48-22-13(8-32)46-24(21(41)19(22)39)44-6-4-5-29-31-28/h11-25,32,34-41H,3-9H2,1-2H3,(H,30,33)(H,42,43)/t11-,12-,13?,14?,15-,16-,17+,18+,19-,20?,21?,22-,23?,24-,25+,27-/m1/s1. The third-order valence-electron chi connectivity index (χ3n) is 8.43. The highest BCUT2D eigenvalue weighted by Crippen LogP contribution is 2.35. The zero-order chi connectivity index (χ0) is 36.6. The lowest BCUT2D eigenvalue weighted by molar-refractivity contribution is -0.367. The van der Waals surface area contributed by atoms with Crippen molar-refractivity contribution in [2.24, 2.45) is 5.11 Å². The van der Waals surface area contributed by atoms with Gasteiger partial charge in [0.05, 0.1) is 31.5 Å². The second kappa shape index (κ2) is 18.2. The summed E-state index contributed by atoms with van der Waals surface area (Å²) in [7, 11) is 0. The summed E-state index contributed by atoms with van der Waals surface area (Å²) < 4.78 is 33.2. The Balaban J connectivity index is 1.76. The number of nitrogens with one attached hydrogen (secondary N) is 1. The van der Waals surface area contributed by atoms with Crippen molar-refractivity contribution in [3.05, 3.63) is 10.4 Å². The average molecular weight is 715 g/mol. The van der Waals surface area contributed by atoms with Crippen LogP contribution in [-0.4, -0.2) is 187 Å². The van der Waals surface area contributed by atoms with Gasteiger partial charge >= 0.3 is 5.97 Å². The van der Waals surface area contributed by atoms with Crippen LogP contribution in [0.5, 0.6) is 0 Å². The maximum atomic E-state index is 12.5. The summed E-state index contributed by atoms with van der Waals surface area (Å²) in [5.74, 6) is -5.23. The Kier molecular flexibility index (Phi) is 15.3. The summed E-state index contributed by atoms with van der Waals surface area (Å²) in [6.45, 7) is 0.912. The predicted molar refractivity (Wildman–Crippen MR) is 156 cm³/mol. The third-order valence-corrected chi connectivity index (χ3v) is 8.43. The molecule has 5 unspecified atom stereocenters. The molecule has 16 atom stereocenters. The molecule has 3 aliphatic heterocycles. The number of hydrogen-bond acceptors (Lipinski definition) is 18. The zero-order valence-electron chi connectivity index (χ0n) is 26.7. The molecule has 49 heavy (non-hydrogen) atoms. The highest BCUT2D eigenvalue weighted by atomic mass is 16.8. The number of carboxylic acids is 1. The molecule has 3 heterocycles. The van der Waals surface area contributed by atoms with E-state index in [1.165, 1.54) is 6.92 Å². The highest BCUT2D eigenvalue weighted by molar-refractivity contribution is 5.76. The molecule has 0 aliphatic carbocycles. The number of ether oxygens (including phenoxy) is 6. The molecule has 0 aromatic carbocycles. The SMILES string of the molecule is CC[C@@H](O)[C@@H](O)C1O[C@@](OCC2O[C@@H](O[C@@H]3C(CO)O[C@@H](OCCCN=[N+]=[N-])C(O)[C@H]3O)C(O)[C@@H](O)[C@H]2O)(C(=O)O)C[C@@H](O)[C@H]1NC(C)=O. The van der Waals surface area contributed by atoms with Crippen LogP contribution in [0.4, 0.5) is 0 Å². The maximum Gasteiger partial charge on any atom is 0.364 e. The zero-order valence-corrected chi connectivity index (χ0v) is 26.7.